The summed E-state index contributed by atoms with van der Waals surface area (Å²) < 4.78 is 0. The Morgan fingerprint density at radius 3 is 2.43 bits per heavy atom. The van der Waals surface area contributed by atoms with Gasteiger partial charge in [0.25, 0.3) is 0 Å². The molecule has 2 aliphatic rings. The first-order valence-corrected chi connectivity index (χ1v) is 8.17. The monoisotopic (exact) mass is 286 g/mol. The van der Waals surface area contributed by atoms with E-state index in [1.54, 1.807) is 0 Å². The van der Waals surface area contributed by atoms with Crippen molar-refractivity contribution in [2.75, 3.05) is 18.0 Å². The molecular weight excluding hydrogens is 260 g/mol. The van der Waals surface area contributed by atoms with Crippen LogP contribution in [-0.4, -0.2) is 23.9 Å². The Morgan fingerprint density at radius 2 is 1.81 bits per heavy atom. The molecule has 1 aromatic heterocycles. The Kier molecular flexibility index (Phi) is 3.87. The highest BCUT2D eigenvalue weighted by atomic mass is 15.2. The van der Waals surface area contributed by atoms with Gasteiger partial charge in [-0.15, -0.1) is 0 Å². The average Bonchev–Trinajstić information content (AvgIpc) is 2.48. The number of hydrogen-bond donors (Lipinski definition) is 2. The molecule has 1 saturated heterocycles. The highest BCUT2D eigenvalue weighted by Gasteiger charge is 2.36. The first kappa shape index (κ1) is 14.4. The van der Waals surface area contributed by atoms with Crippen molar-refractivity contribution < 1.29 is 0 Å². The largest absolute Gasteiger partial charge is 0.384 e. The topological polar surface area (TPSA) is 66.0 Å². The molecule has 114 valence electrons. The van der Waals surface area contributed by atoms with Gasteiger partial charge in [0.1, 0.15) is 11.7 Å². The van der Waals surface area contributed by atoms with Crippen molar-refractivity contribution in [1.82, 2.24) is 4.98 Å². The Balaban J connectivity index is 1.77. The molecule has 21 heavy (non-hydrogen) atoms. The summed E-state index contributed by atoms with van der Waals surface area (Å²) in [5, 5.41) is 7.77. The number of anilines is 1. The second-order valence-electron chi connectivity index (χ2n) is 6.79. The van der Waals surface area contributed by atoms with Crippen LogP contribution in [0.4, 0.5) is 5.82 Å². The van der Waals surface area contributed by atoms with Gasteiger partial charge in [0, 0.05) is 18.8 Å². The number of hydrogen-bond acceptors (Lipinski definition) is 3. The number of piperidine rings is 1. The van der Waals surface area contributed by atoms with Crippen molar-refractivity contribution in [2.45, 2.75) is 51.9 Å². The average molecular weight is 286 g/mol. The van der Waals surface area contributed by atoms with Gasteiger partial charge in [-0.05, 0) is 50.2 Å². The molecule has 0 unspecified atom stereocenters. The minimum absolute atomic E-state index is 0.121. The lowest BCUT2D eigenvalue weighted by Gasteiger charge is -2.45. The van der Waals surface area contributed by atoms with Crippen molar-refractivity contribution in [1.29, 1.82) is 5.41 Å². The maximum absolute atomic E-state index is 7.77. The normalized spacial score (nSPS) is 21.5. The molecule has 1 saturated carbocycles. The third-order valence-corrected chi connectivity index (χ3v) is 5.34. The van der Waals surface area contributed by atoms with Gasteiger partial charge in [0.2, 0.25) is 0 Å². The number of aryl methyl sites for hydroxylation is 1. The Labute approximate surface area is 127 Å². The fraction of sp³-hybridized carbons (Fsp3) is 0.647. The van der Waals surface area contributed by atoms with Crippen molar-refractivity contribution in [3.8, 4) is 0 Å². The summed E-state index contributed by atoms with van der Waals surface area (Å²) >= 11 is 0. The fourth-order valence-electron chi connectivity index (χ4n) is 3.99. The number of nitrogens with two attached hydrogens (primary N) is 1. The van der Waals surface area contributed by atoms with E-state index in [-0.39, 0.29) is 5.84 Å². The van der Waals surface area contributed by atoms with E-state index >= 15 is 0 Å². The standard InChI is InChI=1S/C17H26N4/c1-13-5-6-14(15(18)19)16(20-13)21-11-9-17(10-12-21)7-3-2-4-8-17/h5-6H,2-4,7-12H2,1H3,(H3,18,19). The van der Waals surface area contributed by atoms with E-state index in [1.807, 2.05) is 19.1 Å². The number of amidine groups is 1. The molecule has 4 heteroatoms. The van der Waals surface area contributed by atoms with Crippen LogP contribution in [0.1, 0.15) is 56.2 Å². The summed E-state index contributed by atoms with van der Waals surface area (Å²) in [4.78, 5) is 6.99. The Hall–Kier alpha value is -1.58. The van der Waals surface area contributed by atoms with Crippen LogP contribution in [0, 0.1) is 17.7 Å². The minimum Gasteiger partial charge on any atom is -0.384 e. The van der Waals surface area contributed by atoms with Crippen LogP contribution in [0.5, 0.6) is 0 Å². The van der Waals surface area contributed by atoms with Crippen LogP contribution >= 0.6 is 0 Å². The van der Waals surface area contributed by atoms with Crippen LogP contribution in [0.25, 0.3) is 0 Å². The van der Waals surface area contributed by atoms with E-state index in [0.717, 1.165) is 30.2 Å². The zero-order valence-electron chi connectivity index (χ0n) is 13.0. The predicted molar refractivity (Wildman–Crippen MR) is 87.0 cm³/mol. The molecule has 1 aliphatic carbocycles. The van der Waals surface area contributed by atoms with Gasteiger partial charge in [-0.2, -0.15) is 0 Å². The number of nitrogen functional groups attached to an aromatic ring is 1. The van der Waals surface area contributed by atoms with Crippen molar-refractivity contribution in [2.24, 2.45) is 11.1 Å². The van der Waals surface area contributed by atoms with Crippen LogP contribution in [0.2, 0.25) is 0 Å². The van der Waals surface area contributed by atoms with Crippen molar-refractivity contribution in [3.63, 3.8) is 0 Å². The number of aromatic nitrogens is 1. The van der Waals surface area contributed by atoms with E-state index in [2.05, 4.69) is 9.88 Å². The molecular formula is C17H26N4. The van der Waals surface area contributed by atoms with E-state index in [0.29, 0.717) is 5.41 Å². The van der Waals surface area contributed by atoms with Crippen LogP contribution in [0.15, 0.2) is 12.1 Å². The van der Waals surface area contributed by atoms with Gasteiger partial charge in [-0.25, -0.2) is 4.98 Å². The minimum atomic E-state index is 0.121. The molecule has 0 aromatic carbocycles. The van der Waals surface area contributed by atoms with E-state index in [4.69, 9.17) is 11.1 Å². The summed E-state index contributed by atoms with van der Waals surface area (Å²) in [5.74, 6) is 1.03. The zero-order valence-corrected chi connectivity index (χ0v) is 13.0. The SMILES string of the molecule is Cc1ccc(C(=N)N)c(N2CCC3(CCCCC3)CC2)n1. The molecule has 1 spiro atoms. The molecule has 2 fully saturated rings. The van der Waals surface area contributed by atoms with Gasteiger partial charge in [-0.3, -0.25) is 5.41 Å². The smallest absolute Gasteiger partial charge is 0.139 e. The lowest BCUT2D eigenvalue weighted by atomic mass is 9.68. The van der Waals surface area contributed by atoms with E-state index in [1.165, 1.54) is 44.9 Å². The molecule has 0 atom stereocenters. The number of nitrogens with one attached hydrogen (secondary N) is 1. The molecule has 0 bridgehead atoms. The molecule has 0 radical (unpaired) electrons. The molecule has 1 aromatic rings. The summed E-state index contributed by atoms with van der Waals surface area (Å²) in [6.45, 7) is 4.10. The van der Waals surface area contributed by atoms with E-state index in [9.17, 15) is 0 Å². The van der Waals surface area contributed by atoms with Crippen molar-refractivity contribution in [3.05, 3.63) is 23.4 Å². The molecule has 1 aliphatic heterocycles. The van der Waals surface area contributed by atoms with Gasteiger partial charge < -0.3 is 10.6 Å². The number of pyridine rings is 1. The van der Waals surface area contributed by atoms with Gasteiger partial charge in [0.05, 0.1) is 5.56 Å². The number of rotatable bonds is 2. The lowest BCUT2D eigenvalue weighted by Crippen LogP contribution is -2.42. The maximum atomic E-state index is 7.77. The lowest BCUT2D eigenvalue weighted by molar-refractivity contribution is 0.144. The summed E-state index contributed by atoms with van der Waals surface area (Å²) in [7, 11) is 0. The van der Waals surface area contributed by atoms with Crippen LogP contribution in [-0.2, 0) is 0 Å². The quantitative estimate of drug-likeness (QED) is 0.648. The highest BCUT2D eigenvalue weighted by Crippen LogP contribution is 2.45. The summed E-state index contributed by atoms with van der Waals surface area (Å²) in [5.41, 5.74) is 8.09. The van der Waals surface area contributed by atoms with Crippen LogP contribution < -0.4 is 10.6 Å². The Bertz CT molecular complexity index is 522. The third kappa shape index (κ3) is 2.89. The van der Waals surface area contributed by atoms with Gasteiger partial charge >= 0.3 is 0 Å². The maximum Gasteiger partial charge on any atom is 0.139 e. The number of nitrogens with zero attached hydrogens (tertiary/aromatic N) is 2. The van der Waals surface area contributed by atoms with Gasteiger partial charge in [0.15, 0.2) is 0 Å². The first-order chi connectivity index (χ1) is 10.1. The fourth-order valence-corrected chi connectivity index (χ4v) is 3.99. The summed E-state index contributed by atoms with van der Waals surface area (Å²) in [6.07, 6.45) is 9.56. The molecule has 4 nitrogen and oxygen atoms in total. The second-order valence-corrected chi connectivity index (χ2v) is 6.79. The zero-order chi connectivity index (χ0) is 14.9. The molecule has 3 N–H and O–H groups in total. The van der Waals surface area contributed by atoms with Crippen LogP contribution in [0.3, 0.4) is 0 Å². The van der Waals surface area contributed by atoms with Crippen molar-refractivity contribution >= 4 is 11.7 Å². The molecule has 2 heterocycles. The molecule has 0 amide bonds. The summed E-state index contributed by atoms with van der Waals surface area (Å²) in [6, 6.07) is 3.87. The first-order valence-electron chi connectivity index (χ1n) is 8.17. The molecule has 3 rings (SSSR count). The second kappa shape index (κ2) is 5.66. The Morgan fingerprint density at radius 1 is 1.14 bits per heavy atom. The van der Waals surface area contributed by atoms with E-state index < -0.39 is 0 Å². The third-order valence-electron chi connectivity index (χ3n) is 5.34. The van der Waals surface area contributed by atoms with Gasteiger partial charge in [-0.1, -0.05) is 19.3 Å². The predicted octanol–water partition coefficient (Wildman–Crippen LogP) is 3.22. The highest BCUT2D eigenvalue weighted by molar-refractivity contribution is 5.99.